The van der Waals surface area contributed by atoms with E-state index in [2.05, 4.69) is 63.3 Å². The fraction of sp³-hybridized carbons (Fsp3) is 0.276. The third-order valence-corrected chi connectivity index (χ3v) is 7.75. The van der Waals surface area contributed by atoms with Gasteiger partial charge in [0.2, 0.25) is 0 Å². The average molecular weight is 450 g/mol. The van der Waals surface area contributed by atoms with E-state index in [-0.39, 0.29) is 0 Å². The molecule has 170 valence electrons. The lowest BCUT2D eigenvalue weighted by molar-refractivity contribution is 0.119. The Morgan fingerprint density at radius 2 is 1.59 bits per heavy atom. The van der Waals surface area contributed by atoms with Gasteiger partial charge in [-0.1, -0.05) is 18.2 Å². The highest BCUT2D eigenvalue weighted by Crippen LogP contribution is 2.51. The maximum absolute atomic E-state index is 6.44. The van der Waals surface area contributed by atoms with E-state index in [1.807, 2.05) is 30.8 Å². The molecule has 5 heteroatoms. The van der Waals surface area contributed by atoms with Crippen molar-refractivity contribution in [2.75, 3.05) is 4.90 Å². The monoisotopic (exact) mass is 449 g/mol. The van der Waals surface area contributed by atoms with E-state index in [1.54, 1.807) is 6.26 Å². The average Bonchev–Trinajstić information content (AvgIpc) is 3.47. The van der Waals surface area contributed by atoms with Gasteiger partial charge in [0, 0.05) is 42.6 Å². The second-order valence-corrected chi connectivity index (χ2v) is 9.67. The molecule has 34 heavy (non-hydrogen) atoms. The summed E-state index contributed by atoms with van der Waals surface area (Å²) in [6.45, 7) is 0.990. The van der Waals surface area contributed by atoms with Gasteiger partial charge < -0.3 is 14.1 Å². The predicted molar refractivity (Wildman–Crippen MR) is 132 cm³/mol. The van der Waals surface area contributed by atoms with E-state index in [9.17, 15) is 0 Å². The number of aromatic nitrogens is 1. The van der Waals surface area contributed by atoms with Gasteiger partial charge >= 0.3 is 0 Å². The number of nitrogens with zero attached hydrogens (tertiary/aromatic N) is 3. The van der Waals surface area contributed by atoms with Crippen LogP contribution in [0.5, 0.6) is 11.5 Å². The van der Waals surface area contributed by atoms with Crippen molar-refractivity contribution in [2.45, 2.75) is 50.4 Å². The van der Waals surface area contributed by atoms with Gasteiger partial charge in [0.25, 0.3) is 0 Å². The smallest absolute Gasteiger partial charge is 0.151 e. The molecule has 0 aliphatic carbocycles. The Morgan fingerprint density at radius 3 is 2.38 bits per heavy atom. The molecular weight excluding hydrogens is 422 g/mol. The zero-order valence-electron chi connectivity index (χ0n) is 19.0. The maximum Gasteiger partial charge on any atom is 0.151 e. The molecule has 5 nitrogen and oxygen atoms in total. The highest BCUT2D eigenvalue weighted by molar-refractivity contribution is 5.81. The number of anilines is 2. The van der Waals surface area contributed by atoms with Crippen molar-refractivity contribution in [3.05, 3.63) is 91.1 Å². The first kappa shape index (κ1) is 19.9. The number of furan rings is 1. The van der Waals surface area contributed by atoms with Crippen LogP contribution in [0.15, 0.2) is 90.0 Å². The molecule has 0 saturated carbocycles. The second-order valence-electron chi connectivity index (χ2n) is 9.67. The van der Waals surface area contributed by atoms with E-state index in [4.69, 9.17) is 9.15 Å². The third-order valence-electron chi connectivity index (χ3n) is 7.75. The van der Waals surface area contributed by atoms with Gasteiger partial charge in [0.15, 0.2) is 11.5 Å². The summed E-state index contributed by atoms with van der Waals surface area (Å²) in [5.41, 5.74) is 5.93. The molecule has 5 heterocycles. The van der Waals surface area contributed by atoms with Crippen molar-refractivity contribution in [3.63, 3.8) is 0 Å². The fourth-order valence-electron chi connectivity index (χ4n) is 6.21. The number of piperidine rings is 1. The number of fused-ring (bicyclic) bond motifs is 4. The molecule has 0 amide bonds. The summed E-state index contributed by atoms with van der Waals surface area (Å²) in [5.74, 6) is 1.87. The van der Waals surface area contributed by atoms with Gasteiger partial charge in [-0.05, 0) is 79.3 Å². The minimum atomic E-state index is 0.452. The number of benzene rings is 2. The lowest BCUT2D eigenvalue weighted by Crippen LogP contribution is -2.49. The Balaban J connectivity index is 1.23. The van der Waals surface area contributed by atoms with E-state index in [0.717, 1.165) is 42.0 Å². The molecule has 0 radical (unpaired) electrons. The summed E-state index contributed by atoms with van der Waals surface area (Å²) >= 11 is 0. The van der Waals surface area contributed by atoms with Crippen LogP contribution in [0.4, 0.5) is 11.4 Å². The van der Waals surface area contributed by atoms with Crippen molar-refractivity contribution in [1.82, 2.24) is 9.88 Å². The summed E-state index contributed by atoms with van der Waals surface area (Å²) in [5, 5.41) is 0. The summed E-state index contributed by atoms with van der Waals surface area (Å²) in [6.07, 6.45) is 12.2. The lowest BCUT2D eigenvalue weighted by Gasteiger charge is -2.46. The molecule has 0 N–H and O–H groups in total. The first-order chi connectivity index (χ1) is 16.8. The molecular formula is C29H27N3O2. The largest absolute Gasteiger partial charge is 0.472 e. The van der Waals surface area contributed by atoms with Crippen LogP contribution in [0, 0.1) is 0 Å². The molecule has 3 aliphatic rings. The van der Waals surface area contributed by atoms with Crippen LogP contribution in [-0.4, -0.2) is 28.0 Å². The van der Waals surface area contributed by atoms with Gasteiger partial charge in [0.05, 0.1) is 23.9 Å². The molecule has 2 bridgehead atoms. The van der Waals surface area contributed by atoms with Crippen LogP contribution in [0.3, 0.4) is 0 Å². The Bertz CT molecular complexity index is 1290. The van der Waals surface area contributed by atoms with E-state index in [1.165, 1.54) is 29.8 Å². The maximum atomic E-state index is 6.44. The zero-order chi connectivity index (χ0) is 22.5. The molecule has 2 fully saturated rings. The van der Waals surface area contributed by atoms with Crippen LogP contribution in [0.1, 0.15) is 31.2 Å². The standard InChI is InChI=1S/C29H27N3O2/c1-2-4-28-26(3-1)32(27-8-5-22(15-29(27)34-28)21-9-12-30-13-10-21)25-16-23-6-7-24(17-25)31(23)18-20-11-14-33-19-20/h1-5,8-15,19,23-25H,6-7,16-18H2. The highest BCUT2D eigenvalue weighted by Gasteiger charge is 2.44. The normalized spacial score (nSPS) is 23.3. The van der Waals surface area contributed by atoms with Crippen molar-refractivity contribution >= 4 is 11.4 Å². The Hall–Kier alpha value is -3.57. The van der Waals surface area contributed by atoms with Crippen LogP contribution in [0.25, 0.3) is 11.1 Å². The van der Waals surface area contributed by atoms with Crippen molar-refractivity contribution in [1.29, 1.82) is 0 Å². The summed E-state index contributed by atoms with van der Waals surface area (Å²) < 4.78 is 11.8. The number of rotatable bonds is 4. The molecule has 2 saturated heterocycles. The first-order valence-electron chi connectivity index (χ1n) is 12.2. The fourth-order valence-corrected chi connectivity index (χ4v) is 6.21. The third kappa shape index (κ3) is 3.31. The second kappa shape index (κ2) is 8.03. The van der Waals surface area contributed by atoms with Gasteiger partial charge in [-0.15, -0.1) is 0 Å². The molecule has 7 rings (SSSR count). The van der Waals surface area contributed by atoms with E-state index in [0.29, 0.717) is 18.1 Å². The highest BCUT2D eigenvalue weighted by atomic mass is 16.5. The number of para-hydroxylation sites is 2. The van der Waals surface area contributed by atoms with Crippen LogP contribution >= 0.6 is 0 Å². The minimum absolute atomic E-state index is 0.452. The summed E-state index contributed by atoms with van der Waals surface area (Å²) in [6, 6.07) is 22.9. The number of hydrogen-bond donors (Lipinski definition) is 0. The number of pyridine rings is 1. The number of ether oxygens (including phenoxy) is 1. The molecule has 0 spiro atoms. The topological polar surface area (TPSA) is 41.7 Å². The van der Waals surface area contributed by atoms with E-state index >= 15 is 0 Å². The van der Waals surface area contributed by atoms with Gasteiger partial charge in [-0.2, -0.15) is 0 Å². The first-order valence-corrected chi connectivity index (χ1v) is 12.2. The van der Waals surface area contributed by atoms with Gasteiger partial charge in [-0.3, -0.25) is 9.88 Å². The Morgan fingerprint density at radius 1 is 0.794 bits per heavy atom. The lowest BCUT2D eigenvalue weighted by atomic mass is 9.93. The molecule has 2 aromatic carbocycles. The van der Waals surface area contributed by atoms with Gasteiger partial charge in [0.1, 0.15) is 0 Å². The van der Waals surface area contributed by atoms with Crippen LogP contribution < -0.4 is 9.64 Å². The van der Waals surface area contributed by atoms with Crippen molar-refractivity contribution in [2.24, 2.45) is 0 Å². The zero-order valence-corrected chi connectivity index (χ0v) is 19.0. The Kier molecular flexibility index (Phi) is 4.69. The van der Waals surface area contributed by atoms with Crippen LogP contribution in [0.2, 0.25) is 0 Å². The van der Waals surface area contributed by atoms with Gasteiger partial charge in [-0.25, -0.2) is 0 Å². The summed E-state index contributed by atoms with van der Waals surface area (Å²) in [7, 11) is 0. The molecule has 2 atom stereocenters. The van der Waals surface area contributed by atoms with E-state index < -0.39 is 0 Å². The minimum Gasteiger partial charge on any atom is -0.472 e. The Labute approximate surface area is 199 Å². The molecule has 3 aliphatic heterocycles. The summed E-state index contributed by atoms with van der Waals surface area (Å²) in [4.78, 5) is 9.43. The predicted octanol–water partition coefficient (Wildman–Crippen LogP) is 6.78. The quantitative estimate of drug-likeness (QED) is 0.343. The number of hydrogen-bond acceptors (Lipinski definition) is 5. The van der Waals surface area contributed by atoms with Crippen molar-refractivity contribution in [3.8, 4) is 22.6 Å². The van der Waals surface area contributed by atoms with Crippen LogP contribution in [-0.2, 0) is 6.54 Å². The molecule has 4 aromatic rings. The van der Waals surface area contributed by atoms with Crippen molar-refractivity contribution < 1.29 is 9.15 Å². The molecule has 2 unspecified atom stereocenters. The SMILES string of the molecule is c1ccc2c(c1)Oc1cc(-c3ccncc3)ccc1N2C1CC2CCC(C1)N2Cc1ccoc1. The molecule has 2 aromatic heterocycles.